The molecule has 0 aliphatic heterocycles. The van der Waals surface area contributed by atoms with E-state index in [-0.39, 0.29) is 27.0 Å². The number of hydrogen-bond donors (Lipinski definition) is 2. The molecule has 0 unspecified atom stereocenters. The van der Waals surface area contributed by atoms with Crippen molar-refractivity contribution in [2.24, 2.45) is 0 Å². The number of hydrogen-bond acceptors (Lipinski definition) is 6. The zero-order valence-electron chi connectivity index (χ0n) is 14.3. The van der Waals surface area contributed by atoms with Gasteiger partial charge in [-0.15, -0.1) is 0 Å². The molecule has 0 amide bonds. The second-order valence-corrected chi connectivity index (χ2v) is 7.84. The lowest BCUT2D eigenvalue weighted by Gasteiger charge is -2.13. The van der Waals surface area contributed by atoms with E-state index in [1.165, 1.54) is 18.2 Å². The molecule has 0 bridgehead atoms. The molecule has 0 heterocycles. The first-order valence-corrected chi connectivity index (χ1v) is 9.51. The lowest BCUT2D eigenvalue weighted by molar-refractivity contribution is -0.384. The van der Waals surface area contributed by atoms with E-state index in [9.17, 15) is 18.5 Å². The number of para-hydroxylation sites is 1. The lowest BCUT2D eigenvalue weighted by Crippen LogP contribution is -2.21. The molecule has 140 valence electrons. The minimum absolute atomic E-state index is 0.199. The predicted molar refractivity (Wildman–Crippen MR) is 102 cm³/mol. The third-order valence-corrected chi connectivity index (χ3v) is 5.16. The Labute approximate surface area is 157 Å². The normalized spacial score (nSPS) is 11.4. The maximum Gasteiger partial charge on any atom is 0.293 e. The minimum atomic E-state index is -4.02. The van der Waals surface area contributed by atoms with Crippen LogP contribution in [0, 0.1) is 10.1 Å². The second-order valence-electron chi connectivity index (χ2n) is 5.75. The first-order valence-electron chi connectivity index (χ1n) is 7.65. The van der Waals surface area contributed by atoms with E-state index in [4.69, 9.17) is 11.6 Å². The van der Waals surface area contributed by atoms with Crippen molar-refractivity contribution < 1.29 is 13.3 Å². The zero-order valence-corrected chi connectivity index (χ0v) is 15.8. The van der Waals surface area contributed by atoms with Crippen molar-refractivity contribution in [2.75, 3.05) is 37.2 Å². The highest BCUT2D eigenvalue weighted by atomic mass is 35.5. The average Bonchev–Trinajstić information content (AvgIpc) is 2.56. The van der Waals surface area contributed by atoms with Crippen LogP contribution in [0.4, 0.5) is 17.1 Å². The molecule has 0 aliphatic carbocycles. The molecule has 0 saturated heterocycles. The largest absolute Gasteiger partial charge is 0.378 e. The number of anilines is 2. The van der Waals surface area contributed by atoms with Crippen molar-refractivity contribution in [1.29, 1.82) is 0 Å². The van der Waals surface area contributed by atoms with E-state index in [1.54, 1.807) is 18.2 Å². The van der Waals surface area contributed by atoms with Crippen LogP contribution in [0.15, 0.2) is 47.4 Å². The van der Waals surface area contributed by atoms with E-state index >= 15 is 0 Å². The Hall–Kier alpha value is -2.36. The summed E-state index contributed by atoms with van der Waals surface area (Å²) >= 11 is 5.96. The zero-order chi connectivity index (χ0) is 19.3. The first kappa shape index (κ1) is 20.0. The van der Waals surface area contributed by atoms with Crippen LogP contribution in [0.25, 0.3) is 0 Å². The number of rotatable bonds is 8. The van der Waals surface area contributed by atoms with E-state index in [1.807, 2.05) is 19.0 Å². The molecule has 26 heavy (non-hydrogen) atoms. The molecule has 0 saturated carbocycles. The van der Waals surface area contributed by atoms with Crippen LogP contribution in [-0.2, 0) is 10.0 Å². The molecular weight excluding hydrogens is 380 g/mol. The first-order chi connectivity index (χ1) is 12.2. The molecular formula is C16H19ClN4O4S. The van der Waals surface area contributed by atoms with Gasteiger partial charge < -0.3 is 10.2 Å². The number of nitro groups is 1. The summed E-state index contributed by atoms with van der Waals surface area (Å²) < 4.78 is 27.4. The van der Waals surface area contributed by atoms with Crippen molar-refractivity contribution in [3.05, 3.63) is 57.6 Å². The van der Waals surface area contributed by atoms with Crippen molar-refractivity contribution in [3.63, 3.8) is 0 Å². The monoisotopic (exact) mass is 398 g/mol. The Morgan fingerprint density at radius 3 is 2.46 bits per heavy atom. The van der Waals surface area contributed by atoms with E-state index in [0.717, 1.165) is 6.07 Å². The number of benzene rings is 2. The molecule has 2 aromatic carbocycles. The van der Waals surface area contributed by atoms with Gasteiger partial charge in [-0.3, -0.25) is 14.8 Å². The molecule has 8 nitrogen and oxygen atoms in total. The number of likely N-dealkylation sites (N-methyl/N-ethyl adjacent to an activating group) is 1. The summed E-state index contributed by atoms with van der Waals surface area (Å²) in [6.45, 7) is 1.16. The van der Waals surface area contributed by atoms with Gasteiger partial charge in [0.1, 0.15) is 5.69 Å². The number of halogens is 1. The van der Waals surface area contributed by atoms with Gasteiger partial charge >= 0.3 is 0 Å². The maximum atomic E-state index is 12.5. The quantitative estimate of drug-likeness (QED) is 0.523. The van der Waals surface area contributed by atoms with Crippen molar-refractivity contribution in [2.45, 2.75) is 4.90 Å². The van der Waals surface area contributed by atoms with Crippen LogP contribution in [0.1, 0.15) is 0 Å². The number of sulfonamides is 1. The second kappa shape index (κ2) is 8.35. The SMILES string of the molecule is CN(C)CCNc1ccc(S(=O)(=O)Nc2ccccc2Cl)cc1[N+](=O)[O-]. The highest BCUT2D eigenvalue weighted by Crippen LogP contribution is 2.29. The summed E-state index contributed by atoms with van der Waals surface area (Å²) in [6.07, 6.45) is 0. The van der Waals surface area contributed by atoms with Crippen LogP contribution in [0.3, 0.4) is 0 Å². The van der Waals surface area contributed by atoms with Gasteiger partial charge in [0.2, 0.25) is 0 Å². The summed E-state index contributed by atoms with van der Waals surface area (Å²) in [5, 5.41) is 14.5. The van der Waals surface area contributed by atoms with Gasteiger partial charge in [0.15, 0.2) is 0 Å². The average molecular weight is 399 g/mol. The number of nitrogens with one attached hydrogen (secondary N) is 2. The molecule has 0 atom stereocenters. The summed E-state index contributed by atoms with van der Waals surface area (Å²) in [4.78, 5) is 12.4. The number of nitro benzene ring substituents is 1. The summed E-state index contributed by atoms with van der Waals surface area (Å²) in [5.41, 5.74) is 0.143. The lowest BCUT2D eigenvalue weighted by atomic mass is 10.2. The molecule has 2 N–H and O–H groups in total. The fourth-order valence-electron chi connectivity index (χ4n) is 2.14. The third kappa shape index (κ3) is 5.07. The molecule has 0 fully saturated rings. The van der Waals surface area contributed by atoms with Crippen molar-refractivity contribution >= 4 is 38.7 Å². The van der Waals surface area contributed by atoms with E-state index in [0.29, 0.717) is 13.1 Å². The van der Waals surface area contributed by atoms with Crippen LogP contribution in [-0.4, -0.2) is 45.4 Å². The van der Waals surface area contributed by atoms with Gasteiger partial charge in [0, 0.05) is 19.2 Å². The standard InChI is InChI=1S/C16H19ClN4O4S/c1-20(2)10-9-18-15-8-7-12(11-16(15)21(22)23)26(24,25)19-14-6-4-3-5-13(14)17/h3-8,11,18-19H,9-10H2,1-2H3. The predicted octanol–water partition coefficient (Wildman–Crippen LogP) is 3.02. The van der Waals surface area contributed by atoms with Crippen molar-refractivity contribution in [3.8, 4) is 0 Å². The highest BCUT2D eigenvalue weighted by Gasteiger charge is 2.22. The summed E-state index contributed by atoms with van der Waals surface area (Å²) in [7, 11) is -0.255. The van der Waals surface area contributed by atoms with Crippen molar-refractivity contribution in [1.82, 2.24) is 4.90 Å². The minimum Gasteiger partial charge on any atom is -0.378 e. The Bertz CT molecular complexity index is 903. The molecule has 0 spiro atoms. The Balaban J connectivity index is 2.30. The Kier molecular flexibility index (Phi) is 6.41. The molecule has 0 aliphatic rings. The highest BCUT2D eigenvalue weighted by molar-refractivity contribution is 7.92. The fraction of sp³-hybridized carbons (Fsp3) is 0.250. The van der Waals surface area contributed by atoms with Gasteiger partial charge in [0.05, 0.1) is 20.5 Å². The smallest absolute Gasteiger partial charge is 0.293 e. The van der Waals surface area contributed by atoms with Crippen LogP contribution in [0.5, 0.6) is 0 Å². The molecule has 0 radical (unpaired) electrons. The summed E-state index contributed by atoms with van der Waals surface area (Å²) in [6, 6.07) is 10.1. The topological polar surface area (TPSA) is 105 Å². The van der Waals surface area contributed by atoms with Gasteiger partial charge in [-0.2, -0.15) is 0 Å². The number of nitrogens with zero attached hydrogens (tertiary/aromatic N) is 2. The molecule has 0 aromatic heterocycles. The Morgan fingerprint density at radius 2 is 1.85 bits per heavy atom. The van der Waals surface area contributed by atoms with Gasteiger partial charge in [-0.05, 0) is 38.4 Å². The van der Waals surface area contributed by atoms with E-state index < -0.39 is 14.9 Å². The van der Waals surface area contributed by atoms with Crippen LogP contribution in [0.2, 0.25) is 5.02 Å². The Morgan fingerprint density at radius 1 is 1.15 bits per heavy atom. The molecule has 2 aromatic rings. The van der Waals surface area contributed by atoms with E-state index in [2.05, 4.69) is 10.0 Å². The van der Waals surface area contributed by atoms with Gasteiger partial charge in [0.25, 0.3) is 15.7 Å². The third-order valence-electron chi connectivity index (χ3n) is 3.47. The van der Waals surface area contributed by atoms with Gasteiger partial charge in [-0.25, -0.2) is 8.42 Å². The van der Waals surface area contributed by atoms with Gasteiger partial charge in [-0.1, -0.05) is 23.7 Å². The fourth-order valence-corrected chi connectivity index (χ4v) is 3.48. The maximum absolute atomic E-state index is 12.5. The van der Waals surface area contributed by atoms with Crippen LogP contribution < -0.4 is 10.0 Å². The summed E-state index contributed by atoms with van der Waals surface area (Å²) in [5.74, 6) is 0. The van der Waals surface area contributed by atoms with Crippen LogP contribution >= 0.6 is 11.6 Å². The molecule has 2 rings (SSSR count). The molecule has 10 heteroatoms.